The molecule has 0 radical (unpaired) electrons. The van der Waals surface area contributed by atoms with Gasteiger partial charge in [-0.1, -0.05) is 78.4 Å². The minimum Gasteiger partial charge on any atom is -0.0888 e. The molecule has 1 rings (SSSR count). The van der Waals surface area contributed by atoms with Gasteiger partial charge in [-0.3, -0.25) is 0 Å². The summed E-state index contributed by atoms with van der Waals surface area (Å²) in [6.07, 6.45) is 17.6. The Hall–Kier alpha value is -0.260. The largest absolute Gasteiger partial charge is 0.0888 e. The minimum atomic E-state index is 0.952. The second kappa shape index (κ2) is 12.2. The second-order valence-electron chi connectivity index (χ2n) is 5.12. The van der Waals surface area contributed by atoms with Crippen LogP contribution < -0.4 is 0 Å². The summed E-state index contributed by atoms with van der Waals surface area (Å²) in [6, 6.07) is 0. The van der Waals surface area contributed by atoms with Crippen molar-refractivity contribution in [3.05, 3.63) is 12.2 Å². The van der Waals surface area contributed by atoms with E-state index < -0.39 is 0 Å². The van der Waals surface area contributed by atoms with E-state index in [1.807, 2.05) is 13.8 Å². The Morgan fingerprint density at radius 3 is 2.24 bits per heavy atom. The Labute approximate surface area is 110 Å². The standard InChI is InChI=1S/C15H28.C2H6/c1-3-5-6-9-14(4-2)12-13-15-10-7-8-11-15;1-2/h5-6,14-15H,3-4,7-13H2,1-2H3;1-2H3/b6-5-;. The normalized spacial score (nSPS) is 18.1. The van der Waals surface area contributed by atoms with E-state index in [-0.39, 0.29) is 0 Å². The molecule has 1 atom stereocenters. The van der Waals surface area contributed by atoms with Crippen LogP contribution in [0.25, 0.3) is 0 Å². The molecule has 0 bridgehead atoms. The smallest absolute Gasteiger partial charge is 0.0322 e. The Morgan fingerprint density at radius 1 is 1.06 bits per heavy atom. The molecule has 1 fully saturated rings. The molecule has 102 valence electrons. The van der Waals surface area contributed by atoms with Gasteiger partial charge in [-0.05, 0) is 31.1 Å². The summed E-state index contributed by atoms with van der Waals surface area (Å²) in [5.74, 6) is 2.03. The minimum absolute atomic E-state index is 0.952. The molecule has 0 aromatic rings. The van der Waals surface area contributed by atoms with Gasteiger partial charge in [0.25, 0.3) is 0 Å². The van der Waals surface area contributed by atoms with Crippen LogP contribution in [0.2, 0.25) is 0 Å². The van der Waals surface area contributed by atoms with Crippen LogP contribution in [0.1, 0.15) is 85.5 Å². The van der Waals surface area contributed by atoms with Crippen molar-refractivity contribution in [3.8, 4) is 0 Å². The van der Waals surface area contributed by atoms with Crippen LogP contribution in [-0.4, -0.2) is 0 Å². The molecule has 0 saturated heterocycles. The lowest BCUT2D eigenvalue weighted by Crippen LogP contribution is -2.01. The number of hydrogen-bond acceptors (Lipinski definition) is 0. The zero-order valence-corrected chi connectivity index (χ0v) is 12.7. The maximum atomic E-state index is 2.39. The highest BCUT2D eigenvalue weighted by atomic mass is 14.2. The highest BCUT2D eigenvalue weighted by Gasteiger charge is 2.16. The Morgan fingerprint density at radius 2 is 1.71 bits per heavy atom. The molecule has 1 saturated carbocycles. The van der Waals surface area contributed by atoms with Crippen molar-refractivity contribution < 1.29 is 0 Å². The highest BCUT2D eigenvalue weighted by Crippen LogP contribution is 2.31. The number of hydrogen-bond donors (Lipinski definition) is 0. The average molecular weight is 238 g/mol. The predicted molar refractivity (Wildman–Crippen MR) is 80.4 cm³/mol. The van der Waals surface area contributed by atoms with Crippen LogP contribution in [0.5, 0.6) is 0 Å². The van der Waals surface area contributed by atoms with Crippen LogP contribution in [0.4, 0.5) is 0 Å². The van der Waals surface area contributed by atoms with E-state index in [1.165, 1.54) is 57.8 Å². The van der Waals surface area contributed by atoms with Gasteiger partial charge in [-0.25, -0.2) is 0 Å². The van der Waals surface area contributed by atoms with Gasteiger partial charge in [-0.15, -0.1) is 0 Å². The quantitative estimate of drug-likeness (QED) is 0.452. The average Bonchev–Trinajstić information content (AvgIpc) is 2.89. The van der Waals surface area contributed by atoms with E-state index in [0.717, 1.165) is 11.8 Å². The van der Waals surface area contributed by atoms with Gasteiger partial charge >= 0.3 is 0 Å². The van der Waals surface area contributed by atoms with Crippen molar-refractivity contribution in [2.24, 2.45) is 11.8 Å². The van der Waals surface area contributed by atoms with Gasteiger partial charge < -0.3 is 0 Å². The van der Waals surface area contributed by atoms with E-state index >= 15 is 0 Å². The van der Waals surface area contributed by atoms with Gasteiger partial charge in [0.1, 0.15) is 0 Å². The SMILES string of the molecule is CC.CC/C=C\CC(CC)CCC1CCCC1. The first kappa shape index (κ1) is 16.7. The lowest BCUT2D eigenvalue weighted by atomic mass is 9.91. The molecule has 0 spiro atoms. The van der Waals surface area contributed by atoms with Gasteiger partial charge in [0.2, 0.25) is 0 Å². The first-order valence-corrected chi connectivity index (χ1v) is 8.01. The molecule has 0 aromatic heterocycles. The van der Waals surface area contributed by atoms with Crippen molar-refractivity contribution in [2.75, 3.05) is 0 Å². The van der Waals surface area contributed by atoms with E-state index in [0.29, 0.717) is 0 Å². The van der Waals surface area contributed by atoms with E-state index in [2.05, 4.69) is 26.0 Å². The molecule has 0 aliphatic heterocycles. The molecule has 0 N–H and O–H groups in total. The summed E-state index contributed by atoms with van der Waals surface area (Å²) < 4.78 is 0. The molecule has 0 aromatic carbocycles. The topological polar surface area (TPSA) is 0 Å². The van der Waals surface area contributed by atoms with Crippen LogP contribution in [0.3, 0.4) is 0 Å². The van der Waals surface area contributed by atoms with Crippen LogP contribution in [0.15, 0.2) is 12.2 Å². The molecule has 0 amide bonds. The summed E-state index contributed by atoms with van der Waals surface area (Å²) >= 11 is 0. The van der Waals surface area contributed by atoms with Crippen molar-refractivity contribution in [1.82, 2.24) is 0 Å². The zero-order chi connectivity index (χ0) is 12.9. The lowest BCUT2D eigenvalue weighted by Gasteiger charge is -2.15. The fraction of sp³-hybridized carbons (Fsp3) is 0.882. The summed E-state index contributed by atoms with van der Waals surface area (Å²) in [6.45, 7) is 8.56. The summed E-state index contributed by atoms with van der Waals surface area (Å²) in [5, 5.41) is 0. The van der Waals surface area contributed by atoms with Crippen molar-refractivity contribution in [2.45, 2.75) is 85.5 Å². The van der Waals surface area contributed by atoms with Crippen molar-refractivity contribution >= 4 is 0 Å². The monoisotopic (exact) mass is 238 g/mol. The van der Waals surface area contributed by atoms with Gasteiger partial charge in [-0.2, -0.15) is 0 Å². The number of rotatable bonds is 7. The fourth-order valence-electron chi connectivity index (χ4n) is 2.71. The summed E-state index contributed by atoms with van der Waals surface area (Å²) in [7, 11) is 0. The fourth-order valence-corrected chi connectivity index (χ4v) is 2.71. The van der Waals surface area contributed by atoms with Crippen LogP contribution >= 0.6 is 0 Å². The summed E-state index contributed by atoms with van der Waals surface area (Å²) in [4.78, 5) is 0. The summed E-state index contributed by atoms with van der Waals surface area (Å²) in [5.41, 5.74) is 0. The highest BCUT2D eigenvalue weighted by molar-refractivity contribution is 4.83. The van der Waals surface area contributed by atoms with E-state index in [1.54, 1.807) is 0 Å². The van der Waals surface area contributed by atoms with Crippen molar-refractivity contribution in [3.63, 3.8) is 0 Å². The Kier molecular flexibility index (Phi) is 12.0. The maximum absolute atomic E-state index is 2.39. The molecule has 0 heterocycles. The maximum Gasteiger partial charge on any atom is -0.0322 e. The molecular formula is C17H34. The Balaban J connectivity index is 0.00000121. The van der Waals surface area contributed by atoms with Crippen molar-refractivity contribution in [1.29, 1.82) is 0 Å². The molecule has 1 aliphatic rings. The van der Waals surface area contributed by atoms with E-state index in [4.69, 9.17) is 0 Å². The number of allylic oxidation sites excluding steroid dienone is 2. The molecule has 0 nitrogen and oxygen atoms in total. The van der Waals surface area contributed by atoms with Gasteiger partial charge in [0.15, 0.2) is 0 Å². The van der Waals surface area contributed by atoms with Gasteiger partial charge in [0, 0.05) is 0 Å². The second-order valence-corrected chi connectivity index (χ2v) is 5.12. The third kappa shape index (κ3) is 8.46. The third-order valence-corrected chi connectivity index (χ3v) is 3.91. The molecular weight excluding hydrogens is 204 g/mol. The molecule has 17 heavy (non-hydrogen) atoms. The molecule has 0 heteroatoms. The Bertz CT molecular complexity index is 163. The zero-order valence-electron chi connectivity index (χ0n) is 12.7. The predicted octanol–water partition coefficient (Wildman–Crippen LogP) is 6.37. The molecule has 1 aliphatic carbocycles. The first-order valence-electron chi connectivity index (χ1n) is 8.01. The first-order chi connectivity index (χ1) is 8.36. The van der Waals surface area contributed by atoms with Crippen LogP contribution in [0, 0.1) is 11.8 Å². The van der Waals surface area contributed by atoms with Gasteiger partial charge in [0.05, 0.1) is 0 Å². The van der Waals surface area contributed by atoms with E-state index in [9.17, 15) is 0 Å². The molecule has 1 unspecified atom stereocenters. The van der Waals surface area contributed by atoms with Crippen LogP contribution in [-0.2, 0) is 0 Å². The lowest BCUT2D eigenvalue weighted by molar-refractivity contribution is 0.390. The third-order valence-electron chi connectivity index (χ3n) is 3.91.